The van der Waals surface area contributed by atoms with Crippen LogP contribution in [0.3, 0.4) is 0 Å². The lowest BCUT2D eigenvalue weighted by atomic mass is 10.0. The predicted molar refractivity (Wildman–Crippen MR) is 77.7 cm³/mol. The molecule has 5 nitrogen and oxygen atoms in total. The van der Waals surface area contributed by atoms with E-state index in [9.17, 15) is 9.90 Å². The number of likely N-dealkylation sites (tertiary alicyclic amines) is 1. The second-order valence-electron chi connectivity index (χ2n) is 5.96. The van der Waals surface area contributed by atoms with E-state index in [-0.39, 0.29) is 12.0 Å². The molecule has 2 fully saturated rings. The Balaban J connectivity index is 1.77. The van der Waals surface area contributed by atoms with Gasteiger partial charge in [-0.15, -0.1) is 0 Å². The highest BCUT2D eigenvalue weighted by atomic mass is 16.5. The Kier molecular flexibility index (Phi) is 3.76. The molecule has 1 aromatic carbocycles. The molecule has 1 N–H and O–H groups in total. The third-order valence-electron chi connectivity index (χ3n) is 4.61. The number of carbonyl (C=O) groups excluding carboxylic acids is 1. The van der Waals surface area contributed by atoms with Crippen molar-refractivity contribution in [2.24, 2.45) is 11.8 Å². The lowest BCUT2D eigenvalue weighted by Gasteiger charge is -2.19. The number of benzene rings is 1. The summed E-state index contributed by atoms with van der Waals surface area (Å²) in [6.45, 7) is 1.47. The zero-order valence-corrected chi connectivity index (χ0v) is 12.4. The van der Waals surface area contributed by atoms with Crippen molar-refractivity contribution in [3.8, 4) is 11.5 Å². The molecule has 21 heavy (non-hydrogen) atoms. The zero-order chi connectivity index (χ0) is 15.0. The summed E-state index contributed by atoms with van der Waals surface area (Å²) in [5, 5.41) is 9.68. The molecular weight excluding hydrogens is 270 g/mol. The second-order valence-corrected chi connectivity index (χ2v) is 5.96. The lowest BCUT2D eigenvalue weighted by molar-refractivity contribution is 0.0764. The van der Waals surface area contributed by atoms with Crippen LogP contribution in [0.5, 0.6) is 11.5 Å². The van der Waals surface area contributed by atoms with Gasteiger partial charge in [0.25, 0.3) is 5.91 Å². The van der Waals surface area contributed by atoms with Gasteiger partial charge < -0.3 is 19.5 Å². The summed E-state index contributed by atoms with van der Waals surface area (Å²) in [5.41, 5.74) is 0.590. The number of nitrogens with zero attached hydrogens (tertiary/aromatic N) is 1. The van der Waals surface area contributed by atoms with Gasteiger partial charge in [-0.3, -0.25) is 4.79 Å². The summed E-state index contributed by atoms with van der Waals surface area (Å²) in [5.74, 6) is 2.13. The fourth-order valence-electron chi connectivity index (χ4n) is 3.55. The minimum Gasteiger partial charge on any atom is -0.497 e. The van der Waals surface area contributed by atoms with Crippen molar-refractivity contribution in [2.45, 2.75) is 18.9 Å². The van der Waals surface area contributed by atoms with E-state index < -0.39 is 0 Å². The maximum absolute atomic E-state index is 12.6. The Morgan fingerprint density at radius 3 is 2.10 bits per heavy atom. The quantitative estimate of drug-likeness (QED) is 0.918. The zero-order valence-electron chi connectivity index (χ0n) is 12.4. The monoisotopic (exact) mass is 291 g/mol. The van der Waals surface area contributed by atoms with Gasteiger partial charge in [0.2, 0.25) is 0 Å². The van der Waals surface area contributed by atoms with Gasteiger partial charge in [0.1, 0.15) is 11.5 Å². The van der Waals surface area contributed by atoms with Gasteiger partial charge in [0, 0.05) is 24.7 Å². The molecule has 0 spiro atoms. The number of carbonyl (C=O) groups is 1. The molecule has 2 aliphatic rings. The molecule has 1 saturated heterocycles. The number of hydrogen-bond donors (Lipinski definition) is 1. The van der Waals surface area contributed by atoms with Crippen molar-refractivity contribution < 1.29 is 19.4 Å². The highest BCUT2D eigenvalue weighted by Crippen LogP contribution is 2.38. The van der Waals surface area contributed by atoms with Gasteiger partial charge in [-0.25, -0.2) is 0 Å². The van der Waals surface area contributed by atoms with E-state index in [1.807, 2.05) is 4.90 Å². The van der Waals surface area contributed by atoms with Crippen molar-refractivity contribution >= 4 is 5.91 Å². The summed E-state index contributed by atoms with van der Waals surface area (Å²) in [7, 11) is 3.15. The number of ether oxygens (including phenoxy) is 2. The Morgan fingerprint density at radius 1 is 1.10 bits per heavy atom. The van der Waals surface area contributed by atoms with Crippen molar-refractivity contribution in [2.75, 3.05) is 27.3 Å². The Morgan fingerprint density at radius 2 is 1.62 bits per heavy atom. The Hall–Kier alpha value is -1.75. The molecule has 0 aromatic heterocycles. The average Bonchev–Trinajstić information content (AvgIpc) is 3.02. The largest absolute Gasteiger partial charge is 0.497 e. The highest BCUT2D eigenvalue weighted by Gasteiger charge is 2.41. The molecule has 0 radical (unpaired) electrons. The number of aliphatic hydroxyl groups excluding tert-OH is 1. The van der Waals surface area contributed by atoms with Gasteiger partial charge in [0.05, 0.1) is 20.3 Å². The highest BCUT2D eigenvalue weighted by molar-refractivity contribution is 5.95. The fourth-order valence-corrected chi connectivity index (χ4v) is 3.55. The number of fused-ring (bicyclic) bond motifs is 1. The van der Waals surface area contributed by atoms with E-state index in [1.165, 1.54) is 0 Å². The lowest BCUT2D eigenvalue weighted by Crippen LogP contribution is -2.30. The molecule has 3 atom stereocenters. The average molecular weight is 291 g/mol. The number of amides is 1. The SMILES string of the molecule is COc1cc(OC)cc(C(=O)N2C[C@H]3CC(O)C[C@H]3C2)c1. The molecule has 114 valence electrons. The van der Waals surface area contributed by atoms with Crippen LogP contribution in [-0.2, 0) is 0 Å². The first-order valence-electron chi connectivity index (χ1n) is 7.31. The van der Waals surface area contributed by atoms with Crippen LogP contribution < -0.4 is 9.47 Å². The maximum Gasteiger partial charge on any atom is 0.254 e. The van der Waals surface area contributed by atoms with Crippen molar-refractivity contribution in [1.29, 1.82) is 0 Å². The number of aliphatic hydroxyl groups is 1. The van der Waals surface area contributed by atoms with E-state index in [0.29, 0.717) is 28.9 Å². The van der Waals surface area contributed by atoms with Crippen LogP contribution in [-0.4, -0.2) is 49.3 Å². The summed E-state index contributed by atoms with van der Waals surface area (Å²) >= 11 is 0. The van der Waals surface area contributed by atoms with Crippen molar-refractivity contribution in [3.63, 3.8) is 0 Å². The van der Waals surface area contributed by atoms with Gasteiger partial charge in [-0.05, 0) is 36.8 Å². The first kappa shape index (κ1) is 14.2. The Bertz CT molecular complexity index is 509. The van der Waals surface area contributed by atoms with Crippen LogP contribution in [0.25, 0.3) is 0 Å². The van der Waals surface area contributed by atoms with Crippen LogP contribution in [0, 0.1) is 11.8 Å². The minimum atomic E-state index is -0.186. The third kappa shape index (κ3) is 2.70. The van der Waals surface area contributed by atoms with E-state index in [1.54, 1.807) is 32.4 Å². The van der Waals surface area contributed by atoms with Crippen LogP contribution in [0.1, 0.15) is 23.2 Å². The molecule has 0 bridgehead atoms. The molecular formula is C16H21NO4. The van der Waals surface area contributed by atoms with Gasteiger partial charge in [-0.2, -0.15) is 0 Å². The summed E-state index contributed by atoms with van der Waals surface area (Å²) in [4.78, 5) is 14.5. The fraction of sp³-hybridized carbons (Fsp3) is 0.562. The summed E-state index contributed by atoms with van der Waals surface area (Å²) in [6.07, 6.45) is 1.44. The topological polar surface area (TPSA) is 59.0 Å². The smallest absolute Gasteiger partial charge is 0.254 e. The summed E-state index contributed by atoms with van der Waals surface area (Å²) in [6, 6.07) is 5.24. The number of hydrogen-bond acceptors (Lipinski definition) is 4. The summed E-state index contributed by atoms with van der Waals surface area (Å²) < 4.78 is 10.4. The second kappa shape index (κ2) is 5.56. The normalized spacial score (nSPS) is 27.6. The molecule has 5 heteroatoms. The van der Waals surface area contributed by atoms with Crippen molar-refractivity contribution in [1.82, 2.24) is 4.90 Å². The number of methoxy groups -OCH3 is 2. The van der Waals surface area contributed by atoms with E-state index in [2.05, 4.69) is 0 Å². The molecule has 1 aliphatic heterocycles. The molecule has 1 aromatic rings. The van der Waals surface area contributed by atoms with E-state index >= 15 is 0 Å². The molecule has 1 unspecified atom stereocenters. The minimum absolute atomic E-state index is 0.0103. The predicted octanol–water partition coefficient (Wildman–Crippen LogP) is 1.55. The first-order valence-corrected chi connectivity index (χ1v) is 7.31. The maximum atomic E-state index is 12.6. The van der Waals surface area contributed by atoms with Gasteiger partial charge in [-0.1, -0.05) is 0 Å². The first-order chi connectivity index (χ1) is 10.1. The number of rotatable bonds is 3. The van der Waals surface area contributed by atoms with Gasteiger partial charge in [0.15, 0.2) is 0 Å². The van der Waals surface area contributed by atoms with E-state index in [4.69, 9.17) is 9.47 Å². The molecule has 1 saturated carbocycles. The molecule has 1 amide bonds. The van der Waals surface area contributed by atoms with Crippen LogP contribution in [0.15, 0.2) is 18.2 Å². The van der Waals surface area contributed by atoms with Crippen molar-refractivity contribution in [3.05, 3.63) is 23.8 Å². The third-order valence-corrected chi connectivity index (χ3v) is 4.61. The molecule has 1 aliphatic carbocycles. The van der Waals surface area contributed by atoms with E-state index in [0.717, 1.165) is 25.9 Å². The van der Waals surface area contributed by atoms with Gasteiger partial charge >= 0.3 is 0 Å². The Labute approximate surface area is 124 Å². The van der Waals surface area contributed by atoms with Crippen LogP contribution >= 0.6 is 0 Å². The standard InChI is InChI=1S/C16H21NO4/c1-20-14-5-10(6-15(7-14)21-2)16(19)17-8-11-3-13(18)4-12(11)9-17/h5-7,11-13,18H,3-4,8-9H2,1-2H3/t11-,12+,13?. The van der Waals surface area contributed by atoms with Crippen LogP contribution in [0.2, 0.25) is 0 Å². The molecule has 1 heterocycles. The molecule has 3 rings (SSSR count). The van der Waals surface area contributed by atoms with Crippen LogP contribution in [0.4, 0.5) is 0 Å².